The molecule has 0 bridgehead atoms. The predicted molar refractivity (Wildman–Crippen MR) is 122 cm³/mol. The molecule has 0 saturated carbocycles. The molecule has 6 nitrogen and oxygen atoms in total. The Bertz CT molecular complexity index is 1200. The summed E-state index contributed by atoms with van der Waals surface area (Å²) in [4.78, 5) is 12.1. The van der Waals surface area contributed by atoms with Crippen LogP contribution in [0.15, 0.2) is 36.4 Å². The molecule has 10 heteroatoms. The zero-order valence-electron chi connectivity index (χ0n) is 19.0. The van der Waals surface area contributed by atoms with Crippen molar-refractivity contribution in [3.63, 3.8) is 0 Å². The number of carbonyl (C=O) groups excluding carboxylic acids is 1. The summed E-state index contributed by atoms with van der Waals surface area (Å²) < 4.78 is 71.3. The number of halogens is 3. The first-order valence-electron chi connectivity index (χ1n) is 10.6. The van der Waals surface area contributed by atoms with E-state index in [0.717, 1.165) is 12.1 Å². The number of hydrogen-bond acceptors (Lipinski definition) is 5. The Labute approximate surface area is 197 Å². The molecule has 0 heterocycles. The fourth-order valence-electron chi connectivity index (χ4n) is 2.93. The van der Waals surface area contributed by atoms with Gasteiger partial charge in [-0.05, 0) is 75.6 Å². The van der Waals surface area contributed by atoms with Crippen molar-refractivity contribution in [1.82, 2.24) is 4.72 Å². The first-order valence-corrected chi connectivity index (χ1v) is 12.1. The van der Waals surface area contributed by atoms with E-state index in [-0.39, 0.29) is 24.3 Å². The van der Waals surface area contributed by atoms with Crippen molar-refractivity contribution in [2.45, 2.75) is 45.0 Å². The molecule has 0 aromatic heterocycles. The van der Waals surface area contributed by atoms with Crippen molar-refractivity contribution in [1.29, 1.82) is 0 Å². The maximum atomic E-state index is 13.3. The Morgan fingerprint density at radius 2 is 1.76 bits per heavy atom. The van der Waals surface area contributed by atoms with Crippen LogP contribution < -0.4 is 4.72 Å². The first-order chi connectivity index (χ1) is 15.8. The van der Waals surface area contributed by atoms with Crippen molar-refractivity contribution in [2.24, 2.45) is 0 Å². The summed E-state index contributed by atoms with van der Waals surface area (Å²) in [5, 5.41) is 8.84. The smallest absolute Gasteiger partial charge is 0.417 e. The number of benzene rings is 2. The Morgan fingerprint density at radius 3 is 2.38 bits per heavy atom. The van der Waals surface area contributed by atoms with E-state index in [1.807, 2.05) is 0 Å². The summed E-state index contributed by atoms with van der Waals surface area (Å²) in [6.45, 7) is 5.09. The van der Waals surface area contributed by atoms with Crippen LogP contribution in [0, 0.1) is 11.8 Å². The third kappa shape index (κ3) is 7.50. The average Bonchev–Trinajstić information content (AvgIpc) is 2.75. The van der Waals surface area contributed by atoms with E-state index in [0.29, 0.717) is 30.0 Å². The number of nitrogens with one attached hydrogen (secondary N) is 1. The second kappa shape index (κ2) is 11.4. The number of phenols is 1. The second-order valence-electron chi connectivity index (χ2n) is 7.66. The van der Waals surface area contributed by atoms with Crippen LogP contribution in [-0.4, -0.2) is 37.9 Å². The summed E-state index contributed by atoms with van der Waals surface area (Å²) in [5.41, 5.74) is -0.163. The van der Waals surface area contributed by atoms with Gasteiger partial charge in [0.15, 0.2) is 0 Å². The lowest BCUT2D eigenvalue weighted by Crippen LogP contribution is -2.31. The van der Waals surface area contributed by atoms with Crippen LogP contribution in [0.3, 0.4) is 0 Å². The van der Waals surface area contributed by atoms with E-state index in [9.17, 15) is 31.5 Å². The molecule has 0 spiro atoms. The topological polar surface area (TPSA) is 92.7 Å². The molecule has 34 heavy (non-hydrogen) atoms. The van der Waals surface area contributed by atoms with Crippen LogP contribution in [0.2, 0.25) is 0 Å². The minimum absolute atomic E-state index is 0.146. The fraction of sp³-hybridized carbons (Fsp3) is 0.375. The van der Waals surface area contributed by atoms with Gasteiger partial charge < -0.3 is 9.84 Å². The Hall–Kier alpha value is -3.03. The normalized spacial score (nSPS) is 11.7. The summed E-state index contributed by atoms with van der Waals surface area (Å²) in [6.07, 6.45) is -4.01. The molecule has 0 aliphatic carbocycles. The fourth-order valence-corrected chi connectivity index (χ4v) is 3.70. The van der Waals surface area contributed by atoms with Gasteiger partial charge in [-0.1, -0.05) is 11.8 Å². The van der Waals surface area contributed by atoms with Crippen LogP contribution in [0.5, 0.6) is 5.75 Å². The lowest BCUT2D eigenvalue weighted by atomic mass is 9.99. The van der Waals surface area contributed by atoms with E-state index in [1.165, 1.54) is 12.1 Å². The molecule has 0 aliphatic heterocycles. The zero-order chi connectivity index (χ0) is 25.5. The molecule has 0 saturated heterocycles. The van der Waals surface area contributed by atoms with Gasteiger partial charge in [-0.25, -0.2) is 17.9 Å². The predicted octanol–water partition coefficient (Wildman–Crippen LogP) is 4.25. The molecular formula is C24H26F3NO5S. The van der Waals surface area contributed by atoms with E-state index in [1.54, 1.807) is 26.8 Å². The molecule has 2 rings (SSSR count). The van der Waals surface area contributed by atoms with Gasteiger partial charge in [-0.2, -0.15) is 13.2 Å². The number of hydrogen-bond donors (Lipinski definition) is 2. The van der Waals surface area contributed by atoms with Crippen LogP contribution in [0.25, 0.3) is 0 Å². The summed E-state index contributed by atoms with van der Waals surface area (Å²) in [5.74, 6) is 4.13. The lowest BCUT2D eigenvalue weighted by Gasteiger charge is -2.11. The van der Waals surface area contributed by atoms with Crippen LogP contribution in [0.1, 0.15) is 59.8 Å². The van der Waals surface area contributed by atoms with Gasteiger partial charge in [-0.15, -0.1) is 0 Å². The third-order valence-corrected chi connectivity index (χ3v) is 6.65. The quantitative estimate of drug-likeness (QED) is 0.323. The van der Waals surface area contributed by atoms with Gasteiger partial charge in [0.2, 0.25) is 10.0 Å². The molecule has 0 radical (unpaired) electrons. The number of ether oxygens (including phenoxy) is 1. The highest BCUT2D eigenvalue weighted by Gasteiger charge is 2.33. The van der Waals surface area contributed by atoms with Crippen LogP contribution >= 0.6 is 0 Å². The van der Waals surface area contributed by atoms with Crippen molar-refractivity contribution in [2.75, 3.05) is 13.2 Å². The average molecular weight is 498 g/mol. The number of esters is 1. The highest BCUT2D eigenvalue weighted by atomic mass is 32.2. The van der Waals surface area contributed by atoms with Gasteiger partial charge in [0.1, 0.15) is 5.75 Å². The van der Waals surface area contributed by atoms with E-state index >= 15 is 0 Å². The monoisotopic (exact) mass is 497 g/mol. The van der Waals surface area contributed by atoms with Gasteiger partial charge in [-0.3, -0.25) is 0 Å². The van der Waals surface area contributed by atoms with Crippen molar-refractivity contribution in [3.05, 3.63) is 64.2 Å². The van der Waals surface area contributed by atoms with Gasteiger partial charge in [0, 0.05) is 17.7 Å². The number of rotatable bonds is 8. The lowest BCUT2D eigenvalue weighted by molar-refractivity contribution is -0.137. The summed E-state index contributed by atoms with van der Waals surface area (Å²) in [6, 6.07) is 7.33. The molecule has 0 unspecified atom stereocenters. The van der Waals surface area contributed by atoms with Gasteiger partial charge in [0.25, 0.3) is 0 Å². The summed E-state index contributed by atoms with van der Waals surface area (Å²) >= 11 is 0. The number of alkyl halides is 3. The number of aromatic hydroxyl groups is 1. The minimum atomic E-state index is -4.70. The number of aryl methyl sites for hydroxylation is 1. The molecule has 2 aromatic carbocycles. The van der Waals surface area contributed by atoms with E-state index in [2.05, 4.69) is 16.6 Å². The molecule has 0 amide bonds. The van der Waals surface area contributed by atoms with Crippen molar-refractivity contribution >= 4 is 16.0 Å². The Kier molecular flexibility index (Phi) is 9.13. The zero-order valence-corrected chi connectivity index (χ0v) is 19.8. The molecule has 184 valence electrons. The van der Waals surface area contributed by atoms with E-state index in [4.69, 9.17) is 4.74 Å². The number of carbonyl (C=O) groups is 1. The van der Waals surface area contributed by atoms with Crippen molar-refractivity contribution < 1.29 is 36.2 Å². The highest BCUT2D eigenvalue weighted by molar-refractivity contribution is 7.90. The molecular weight excluding hydrogens is 471 g/mol. The first kappa shape index (κ1) is 27.2. The molecule has 0 aliphatic rings. The Morgan fingerprint density at radius 1 is 1.12 bits per heavy atom. The Balaban J connectivity index is 2.37. The third-order valence-electron chi connectivity index (χ3n) is 4.80. The molecule has 0 fully saturated rings. The number of sulfonamides is 1. The standard InChI is InChI=1S/C24H26F3NO5S/c1-4-33-23(30)20-10-8-17(19(14-20)6-5-13-28-34(31,32)16(2)3)7-9-18-11-12-21(29)15-22(18)24(25,26)27/h8,10-12,14-16,28-29H,4-6,13H2,1-3H3. The van der Waals surface area contributed by atoms with Crippen molar-refractivity contribution in [3.8, 4) is 17.6 Å². The molecule has 0 atom stereocenters. The van der Waals surface area contributed by atoms with Crippen LogP contribution in [0.4, 0.5) is 13.2 Å². The summed E-state index contributed by atoms with van der Waals surface area (Å²) in [7, 11) is -3.44. The molecule has 2 N–H and O–H groups in total. The minimum Gasteiger partial charge on any atom is -0.508 e. The van der Waals surface area contributed by atoms with Gasteiger partial charge in [0.05, 0.1) is 23.0 Å². The maximum absolute atomic E-state index is 13.3. The van der Waals surface area contributed by atoms with Gasteiger partial charge >= 0.3 is 12.1 Å². The largest absolute Gasteiger partial charge is 0.508 e. The second-order valence-corrected chi connectivity index (χ2v) is 9.98. The number of phenolic OH excluding ortho intramolecular Hbond substituents is 1. The van der Waals surface area contributed by atoms with Crippen LogP contribution in [-0.2, 0) is 27.4 Å². The molecule has 2 aromatic rings. The maximum Gasteiger partial charge on any atom is 0.417 e. The SMILES string of the molecule is CCOC(=O)c1ccc(C#Cc2ccc(O)cc2C(F)(F)F)c(CCCNS(=O)(=O)C(C)C)c1. The highest BCUT2D eigenvalue weighted by Crippen LogP contribution is 2.33. The van der Waals surface area contributed by atoms with E-state index < -0.39 is 38.7 Å².